The predicted octanol–water partition coefficient (Wildman–Crippen LogP) is 4.15. The molecule has 0 atom stereocenters. The van der Waals surface area contributed by atoms with E-state index in [1.165, 1.54) is 29.5 Å². The van der Waals surface area contributed by atoms with E-state index in [9.17, 15) is 0 Å². The lowest BCUT2D eigenvalue weighted by Crippen LogP contribution is -1.95. The van der Waals surface area contributed by atoms with Crippen LogP contribution in [0.15, 0.2) is 18.2 Å². The van der Waals surface area contributed by atoms with E-state index in [0.717, 1.165) is 12.3 Å². The third-order valence-electron chi connectivity index (χ3n) is 2.81. The van der Waals surface area contributed by atoms with Gasteiger partial charge in [-0.15, -0.1) is 0 Å². The van der Waals surface area contributed by atoms with Gasteiger partial charge in [0.25, 0.3) is 0 Å². The van der Waals surface area contributed by atoms with Crippen molar-refractivity contribution in [1.29, 1.82) is 0 Å². The first-order valence-electron chi connectivity index (χ1n) is 5.72. The molecule has 14 heavy (non-hydrogen) atoms. The maximum absolute atomic E-state index is 2.33. The van der Waals surface area contributed by atoms with Gasteiger partial charge >= 0.3 is 0 Å². The highest BCUT2D eigenvalue weighted by atomic mass is 14.1. The van der Waals surface area contributed by atoms with Crippen molar-refractivity contribution in [2.45, 2.75) is 47.0 Å². The zero-order chi connectivity index (χ0) is 10.6. The van der Waals surface area contributed by atoms with E-state index in [0.29, 0.717) is 0 Å². The first kappa shape index (κ1) is 11.3. The molecule has 0 radical (unpaired) electrons. The number of hydrogen-bond acceptors (Lipinski definition) is 0. The molecule has 0 nitrogen and oxygen atoms in total. The van der Waals surface area contributed by atoms with Gasteiger partial charge in [-0.1, -0.05) is 39.0 Å². The molecule has 0 spiro atoms. The summed E-state index contributed by atoms with van der Waals surface area (Å²) in [6, 6.07) is 6.90. The van der Waals surface area contributed by atoms with E-state index in [2.05, 4.69) is 45.9 Å². The molecule has 0 aliphatic rings. The quantitative estimate of drug-likeness (QED) is 0.669. The Hall–Kier alpha value is -0.780. The van der Waals surface area contributed by atoms with Crippen LogP contribution in [0.5, 0.6) is 0 Å². The highest BCUT2D eigenvalue weighted by Gasteiger charge is 2.01. The molecule has 0 amide bonds. The zero-order valence-corrected chi connectivity index (χ0v) is 9.93. The molecule has 1 rings (SSSR count). The van der Waals surface area contributed by atoms with E-state index in [1.807, 2.05) is 0 Å². The Morgan fingerprint density at radius 2 is 1.93 bits per heavy atom. The highest BCUT2D eigenvalue weighted by Crippen LogP contribution is 2.15. The summed E-state index contributed by atoms with van der Waals surface area (Å²) in [5.41, 5.74) is 4.44. The van der Waals surface area contributed by atoms with Crippen molar-refractivity contribution < 1.29 is 0 Å². The van der Waals surface area contributed by atoms with Crippen molar-refractivity contribution in [3.8, 4) is 0 Å². The topological polar surface area (TPSA) is 0 Å². The summed E-state index contributed by atoms with van der Waals surface area (Å²) in [6.45, 7) is 9.02. The molecule has 0 aromatic heterocycles. The molecular formula is C14H22. The van der Waals surface area contributed by atoms with E-state index < -0.39 is 0 Å². The van der Waals surface area contributed by atoms with Gasteiger partial charge in [0.15, 0.2) is 0 Å². The molecule has 0 saturated carbocycles. The highest BCUT2D eigenvalue weighted by molar-refractivity contribution is 5.31. The molecule has 0 unspecified atom stereocenters. The van der Waals surface area contributed by atoms with Crippen LogP contribution in [0.4, 0.5) is 0 Å². The van der Waals surface area contributed by atoms with Gasteiger partial charge in [-0.2, -0.15) is 0 Å². The second-order valence-electron chi connectivity index (χ2n) is 4.55. The number of benzene rings is 1. The smallest absolute Gasteiger partial charge is 0.0274 e. The summed E-state index contributed by atoms with van der Waals surface area (Å²) in [4.78, 5) is 0. The number of rotatable bonds is 4. The third-order valence-corrected chi connectivity index (χ3v) is 2.81. The van der Waals surface area contributed by atoms with Crippen molar-refractivity contribution in [2.75, 3.05) is 0 Å². The molecule has 0 bridgehead atoms. The monoisotopic (exact) mass is 190 g/mol. The standard InChI is InChI=1S/C14H22/c1-5-13-7-9-14(12(4)10-13)8-6-11(2)3/h7,9-11H,5-6,8H2,1-4H3. The fraction of sp³-hybridized carbons (Fsp3) is 0.571. The molecule has 78 valence electrons. The first-order chi connectivity index (χ1) is 6.63. The van der Waals surface area contributed by atoms with Gasteiger partial charge in [0.05, 0.1) is 0 Å². The van der Waals surface area contributed by atoms with Crippen LogP contribution in [0.25, 0.3) is 0 Å². The molecule has 1 aromatic rings. The third kappa shape index (κ3) is 3.17. The largest absolute Gasteiger partial charge is 0.0628 e. The summed E-state index contributed by atoms with van der Waals surface area (Å²) < 4.78 is 0. The average molecular weight is 190 g/mol. The Labute approximate surface area is 88.4 Å². The van der Waals surface area contributed by atoms with Crippen LogP contribution < -0.4 is 0 Å². The van der Waals surface area contributed by atoms with Gasteiger partial charge in [0.2, 0.25) is 0 Å². The Kier molecular flexibility index (Phi) is 4.19. The van der Waals surface area contributed by atoms with E-state index >= 15 is 0 Å². The molecule has 0 aliphatic heterocycles. The van der Waals surface area contributed by atoms with Crippen molar-refractivity contribution in [3.05, 3.63) is 34.9 Å². The summed E-state index contributed by atoms with van der Waals surface area (Å²) in [6.07, 6.45) is 3.67. The lowest BCUT2D eigenvalue weighted by atomic mass is 9.97. The Balaban J connectivity index is 2.69. The van der Waals surface area contributed by atoms with Gasteiger partial charge in [0, 0.05) is 0 Å². The number of hydrogen-bond donors (Lipinski definition) is 0. The molecule has 0 heterocycles. The molecule has 0 fully saturated rings. The molecule has 0 N–H and O–H groups in total. The van der Waals surface area contributed by atoms with Gasteiger partial charge in [-0.3, -0.25) is 0 Å². The van der Waals surface area contributed by atoms with E-state index in [1.54, 1.807) is 0 Å². The van der Waals surface area contributed by atoms with Crippen LogP contribution in [0.1, 0.15) is 43.9 Å². The van der Waals surface area contributed by atoms with E-state index in [4.69, 9.17) is 0 Å². The average Bonchev–Trinajstić information content (AvgIpc) is 2.15. The van der Waals surface area contributed by atoms with Crippen molar-refractivity contribution >= 4 is 0 Å². The van der Waals surface area contributed by atoms with Crippen molar-refractivity contribution in [3.63, 3.8) is 0 Å². The van der Waals surface area contributed by atoms with Gasteiger partial charge in [0.1, 0.15) is 0 Å². The zero-order valence-electron chi connectivity index (χ0n) is 9.93. The van der Waals surface area contributed by atoms with Crippen LogP contribution in [-0.2, 0) is 12.8 Å². The normalized spacial score (nSPS) is 10.9. The molecule has 0 aliphatic carbocycles. The Morgan fingerprint density at radius 3 is 2.43 bits per heavy atom. The van der Waals surface area contributed by atoms with Crippen molar-refractivity contribution in [1.82, 2.24) is 0 Å². The predicted molar refractivity (Wildman–Crippen MR) is 63.7 cm³/mol. The maximum Gasteiger partial charge on any atom is -0.0274 e. The minimum atomic E-state index is 0.806. The van der Waals surface area contributed by atoms with Gasteiger partial charge in [-0.25, -0.2) is 0 Å². The Morgan fingerprint density at radius 1 is 1.21 bits per heavy atom. The van der Waals surface area contributed by atoms with Gasteiger partial charge < -0.3 is 0 Å². The van der Waals surface area contributed by atoms with Crippen LogP contribution in [0, 0.1) is 12.8 Å². The lowest BCUT2D eigenvalue weighted by molar-refractivity contribution is 0.585. The fourth-order valence-corrected chi connectivity index (χ4v) is 1.70. The van der Waals surface area contributed by atoms with Gasteiger partial charge in [-0.05, 0) is 48.8 Å². The lowest BCUT2D eigenvalue weighted by Gasteiger charge is -2.09. The summed E-state index contributed by atoms with van der Waals surface area (Å²) >= 11 is 0. The van der Waals surface area contributed by atoms with Crippen LogP contribution in [0.3, 0.4) is 0 Å². The van der Waals surface area contributed by atoms with Crippen molar-refractivity contribution in [2.24, 2.45) is 5.92 Å². The molecular weight excluding hydrogens is 168 g/mol. The second kappa shape index (κ2) is 5.19. The molecule has 0 saturated heterocycles. The summed E-state index contributed by atoms with van der Waals surface area (Å²) in [5, 5.41) is 0. The molecule has 0 heteroatoms. The second-order valence-corrected chi connectivity index (χ2v) is 4.55. The molecule has 1 aromatic carbocycles. The SMILES string of the molecule is CCc1ccc(CCC(C)C)c(C)c1. The minimum Gasteiger partial charge on any atom is -0.0628 e. The van der Waals surface area contributed by atoms with Crippen LogP contribution in [0.2, 0.25) is 0 Å². The fourth-order valence-electron chi connectivity index (χ4n) is 1.70. The minimum absolute atomic E-state index is 0.806. The van der Waals surface area contributed by atoms with Crippen LogP contribution in [-0.4, -0.2) is 0 Å². The van der Waals surface area contributed by atoms with Crippen LogP contribution >= 0.6 is 0 Å². The van der Waals surface area contributed by atoms with E-state index in [-0.39, 0.29) is 0 Å². The first-order valence-corrected chi connectivity index (χ1v) is 5.72. The number of aryl methyl sites for hydroxylation is 3. The summed E-state index contributed by atoms with van der Waals surface area (Å²) in [5.74, 6) is 0.806. The summed E-state index contributed by atoms with van der Waals surface area (Å²) in [7, 11) is 0. The maximum atomic E-state index is 2.33. The Bertz CT molecular complexity index is 284.